The van der Waals surface area contributed by atoms with Crippen LogP contribution in [0.15, 0.2) is 121 Å². The van der Waals surface area contributed by atoms with Gasteiger partial charge in [-0.2, -0.15) is 10.5 Å². The molecular weight excluding hydrogens is 609 g/mol. The molecule has 0 spiro atoms. The van der Waals surface area contributed by atoms with Crippen molar-refractivity contribution in [3.05, 3.63) is 155 Å². The lowest BCUT2D eigenvalue weighted by Gasteiger charge is -2.18. The first kappa shape index (κ1) is 30.9. The predicted octanol–water partition coefficient (Wildman–Crippen LogP) is 11.8. The number of hydrogen-bond donors (Lipinski definition) is 0. The second-order valence-corrected chi connectivity index (χ2v) is 13.2. The molecule has 5 aromatic carbocycles. The van der Waals surface area contributed by atoms with Gasteiger partial charge in [0.25, 0.3) is 0 Å². The van der Waals surface area contributed by atoms with E-state index >= 15 is 0 Å². The van der Waals surface area contributed by atoms with E-state index < -0.39 is 0 Å². The third-order valence-corrected chi connectivity index (χ3v) is 9.93. The zero-order valence-corrected chi connectivity index (χ0v) is 28.5. The molecule has 0 amide bonds. The molecule has 0 aliphatic heterocycles. The summed E-state index contributed by atoms with van der Waals surface area (Å²) < 4.78 is 4.66. The van der Waals surface area contributed by atoms with Gasteiger partial charge in [0.2, 0.25) is 0 Å². The molecule has 0 atom stereocenters. The molecule has 0 bridgehead atoms. The summed E-state index contributed by atoms with van der Waals surface area (Å²) in [7, 11) is 0. The number of fused-ring (bicyclic) bond motifs is 4. The van der Waals surface area contributed by atoms with Gasteiger partial charge in [0.05, 0.1) is 40.0 Å². The molecule has 0 N–H and O–H groups in total. The number of nitriles is 2. The molecule has 2 heterocycles. The SMILES string of the molecule is C/C=C\c1c(C(C)C)c2cc(C#N)ccc2n1-c1cccc(-c2cccc(-c3c(C#N)cccc3-n3c4c(c5ccccc53)CCC=C4)c2)c1. The first-order chi connectivity index (χ1) is 24.5. The van der Waals surface area contributed by atoms with Gasteiger partial charge in [0.15, 0.2) is 0 Å². The van der Waals surface area contributed by atoms with E-state index in [1.54, 1.807) is 0 Å². The monoisotopic (exact) mass is 644 g/mol. The highest BCUT2D eigenvalue weighted by Crippen LogP contribution is 2.40. The van der Waals surface area contributed by atoms with Gasteiger partial charge in [0.1, 0.15) is 0 Å². The Morgan fingerprint density at radius 3 is 2.28 bits per heavy atom. The van der Waals surface area contributed by atoms with Crippen LogP contribution >= 0.6 is 0 Å². The molecule has 1 aliphatic rings. The van der Waals surface area contributed by atoms with E-state index in [1.807, 2.05) is 31.2 Å². The molecule has 0 saturated heterocycles. The van der Waals surface area contributed by atoms with Crippen LogP contribution in [0.4, 0.5) is 0 Å². The van der Waals surface area contributed by atoms with E-state index in [0.717, 1.165) is 68.6 Å². The van der Waals surface area contributed by atoms with Crippen LogP contribution < -0.4 is 0 Å². The summed E-state index contributed by atoms with van der Waals surface area (Å²) in [5.41, 5.74) is 14.6. The molecule has 4 heteroatoms. The molecule has 0 unspecified atom stereocenters. The molecule has 0 saturated carbocycles. The highest BCUT2D eigenvalue weighted by molar-refractivity contribution is 5.94. The smallest absolute Gasteiger partial charge is 0.0998 e. The number of allylic oxidation sites excluding steroid dienone is 2. The molecule has 4 nitrogen and oxygen atoms in total. The number of aromatic nitrogens is 2. The first-order valence-electron chi connectivity index (χ1n) is 17.3. The summed E-state index contributed by atoms with van der Waals surface area (Å²) in [4.78, 5) is 0. The number of para-hydroxylation sites is 1. The normalized spacial score (nSPS) is 12.5. The van der Waals surface area contributed by atoms with E-state index in [-0.39, 0.29) is 5.92 Å². The Morgan fingerprint density at radius 1 is 0.720 bits per heavy atom. The number of nitrogens with zero attached hydrogens (tertiary/aromatic N) is 4. The van der Waals surface area contributed by atoms with Crippen LogP contribution in [0, 0.1) is 22.7 Å². The number of rotatable bonds is 6. The third kappa shape index (κ3) is 4.97. The molecule has 0 radical (unpaired) electrons. The Labute approximate surface area is 293 Å². The van der Waals surface area contributed by atoms with Crippen molar-refractivity contribution in [3.63, 3.8) is 0 Å². The quantitative estimate of drug-likeness (QED) is 0.181. The second-order valence-electron chi connectivity index (χ2n) is 13.2. The maximum Gasteiger partial charge on any atom is 0.0998 e. The van der Waals surface area contributed by atoms with Crippen molar-refractivity contribution in [2.24, 2.45) is 0 Å². The molecule has 240 valence electrons. The van der Waals surface area contributed by atoms with Crippen LogP contribution in [-0.4, -0.2) is 9.13 Å². The van der Waals surface area contributed by atoms with E-state index in [9.17, 15) is 10.5 Å². The lowest BCUT2D eigenvalue weighted by atomic mass is 9.94. The average Bonchev–Trinajstić information content (AvgIpc) is 3.67. The van der Waals surface area contributed by atoms with Gasteiger partial charge in [-0.15, -0.1) is 0 Å². The van der Waals surface area contributed by atoms with Crippen LogP contribution in [0.5, 0.6) is 0 Å². The minimum Gasteiger partial charge on any atom is -0.310 e. The molecular formula is C46H36N4. The molecule has 50 heavy (non-hydrogen) atoms. The summed E-state index contributed by atoms with van der Waals surface area (Å²) in [6.07, 6.45) is 10.8. The van der Waals surface area contributed by atoms with Crippen molar-refractivity contribution in [1.82, 2.24) is 9.13 Å². The lowest BCUT2D eigenvalue weighted by molar-refractivity contribution is 0.865. The standard InChI is InChI=1S/C46H36N4/c1-4-12-43-45(30(2)3)39-25-31(28-47)23-24-42(39)49(43)36-17-10-14-33(27-36)32-13-9-15-34(26-32)46-35(29-48)16-11-22-44(46)50-40-20-7-5-18-37(40)38-19-6-8-21-41(38)50/h4-5,7-18,20-27,30H,6,19H2,1-3H3/b12-4-. The Hall–Kier alpha value is -6.36. The highest BCUT2D eigenvalue weighted by atomic mass is 15.0. The topological polar surface area (TPSA) is 57.4 Å². The van der Waals surface area contributed by atoms with Gasteiger partial charge in [-0.1, -0.05) is 80.6 Å². The van der Waals surface area contributed by atoms with Crippen molar-refractivity contribution < 1.29 is 0 Å². The molecule has 7 aromatic rings. The average molecular weight is 645 g/mol. The van der Waals surface area contributed by atoms with Gasteiger partial charge < -0.3 is 9.13 Å². The van der Waals surface area contributed by atoms with Crippen molar-refractivity contribution in [3.8, 4) is 45.8 Å². The van der Waals surface area contributed by atoms with Crippen LogP contribution in [0.3, 0.4) is 0 Å². The maximum atomic E-state index is 10.4. The zero-order chi connectivity index (χ0) is 34.4. The van der Waals surface area contributed by atoms with Crippen molar-refractivity contribution in [1.29, 1.82) is 10.5 Å². The Bertz CT molecular complexity index is 2610. The number of hydrogen-bond acceptors (Lipinski definition) is 2. The molecule has 1 aliphatic carbocycles. The fourth-order valence-electron chi connectivity index (χ4n) is 7.86. The van der Waals surface area contributed by atoms with Crippen LogP contribution in [-0.2, 0) is 6.42 Å². The van der Waals surface area contributed by atoms with E-state index in [0.29, 0.717) is 11.1 Å². The summed E-state index contributed by atoms with van der Waals surface area (Å²) in [5, 5.41) is 22.5. The summed E-state index contributed by atoms with van der Waals surface area (Å²) in [5.74, 6) is 0.270. The second kappa shape index (κ2) is 12.6. The van der Waals surface area contributed by atoms with Gasteiger partial charge in [-0.05, 0) is 120 Å². The van der Waals surface area contributed by atoms with E-state index in [1.165, 1.54) is 22.2 Å². The summed E-state index contributed by atoms with van der Waals surface area (Å²) in [6.45, 7) is 6.47. The predicted molar refractivity (Wildman–Crippen MR) is 207 cm³/mol. The Balaban J connectivity index is 1.31. The zero-order valence-electron chi connectivity index (χ0n) is 28.5. The highest BCUT2D eigenvalue weighted by Gasteiger charge is 2.23. The Morgan fingerprint density at radius 2 is 1.48 bits per heavy atom. The Kier molecular flexibility index (Phi) is 7.79. The van der Waals surface area contributed by atoms with Gasteiger partial charge >= 0.3 is 0 Å². The van der Waals surface area contributed by atoms with Gasteiger partial charge in [-0.3, -0.25) is 0 Å². The molecule has 2 aromatic heterocycles. The van der Waals surface area contributed by atoms with E-state index in [4.69, 9.17) is 0 Å². The minimum atomic E-state index is 0.270. The van der Waals surface area contributed by atoms with Crippen molar-refractivity contribution in [2.75, 3.05) is 0 Å². The maximum absolute atomic E-state index is 10.4. The van der Waals surface area contributed by atoms with Crippen LogP contribution in [0.2, 0.25) is 0 Å². The van der Waals surface area contributed by atoms with Crippen molar-refractivity contribution >= 4 is 34.0 Å². The number of aryl methyl sites for hydroxylation is 1. The number of benzene rings is 5. The van der Waals surface area contributed by atoms with E-state index in [2.05, 4.69) is 144 Å². The van der Waals surface area contributed by atoms with Crippen LogP contribution in [0.1, 0.15) is 66.8 Å². The van der Waals surface area contributed by atoms with Gasteiger partial charge in [-0.25, -0.2) is 0 Å². The van der Waals surface area contributed by atoms with Crippen molar-refractivity contribution in [2.45, 2.75) is 39.5 Å². The minimum absolute atomic E-state index is 0.270. The molecule has 8 rings (SSSR count). The first-order valence-corrected chi connectivity index (χ1v) is 17.3. The fraction of sp³-hybridized carbons (Fsp3) is 0.130. The van der Waals surface area contributed by atoms with Crippen LogP contribution in [0.25, 0.3) is 67.6 Å². The third-order valence-electron chi connectivity index (χ3n) is 9.93. The largest absolute Gasteiger partial charge is 0.310 e. The summed E-state index contributed by atoms with van der Waals surface area (Å²) in [6, 6.07) is 42.7. The summed E-state index contributed by atoms with van der Waals surface area (Å²) >= 11 is 0. The molecule has 0 fully saturated rings. The fourth-order valence-corrected chi connectivity index (χ4v) is 7.86. The van der Waals surface area contributed by atoms with Gasteiger partial charge in [0, 0.05) is 33.4 Å². The lowest BCUT2D eigenvalue weighted by Crippen LogP contribution is -2.03.